The largest absolute Gasteiger partial charge is 0.480 e. The van der Waals surface area contributed by atoms with Crippen molar-refractivity contribution in [2.24, 2.45) is 17.4 Å². The zero-order valence-electron chi connectivity index (χ0n) is 18.1. The zero-order chi connectivity index (χ0) is 23.1. The van der Waals surface area contributed by atoms with E-state index in [1.54, 1.807) is 0 Å². The van der Waals surface area contributed by atoms with Gasteiger partial charge in [-0.3, -0.25) is 14.4 Å². The Hall–Kier alpha value is -1.85. The first-order valence-electron chi connectivity index (χ1n) is 10.2. The third-order valence-electron chi connectivity index (χ3n) is 4.35. The molecule has 0 aromatic heterocycles. The maximum Gasteiger partial charge on any atom is 0.326 e. The van der Waals surface area contributed by atoms with E-state index in [-0.39, 0.29) is 18.9 Å². The fourth-order valence-electron chi connectivity index (χ4n) is 2.76. The summed E-state index contributed by atoms with van der Waals surface area (Å²) in [7, 11) is 0. The molecule has 30 heavy (non-hydrogen) atoms. The van der Waals surface area contributed by atoms with Gasteiger partial charge in [0.25, 0.3) is 0 Å². The van der Waals surface area contributed by atoms with Crippen molar-refractivity contribution in [2.45, 2.75) is 64.1 Å². The fraction of sp³-hybridized carbons (Fsp3) is 0.789. The lowest BCUT2D eigenvalue weighted by Gasteiger charge is -2.25. The second-order valence-electron chi connectivity index (χ2n) is 7.48. The predicted octanol–water partition coefficient (Wildman–Crippen LogP) is -0.588. The molecule has 0 aromatic rings. The lowest BCUT2D eigenvalue weighted by Crippen LogP contribution is -2.56. The molecular formula is C19H37N5O5S. The van der Waals surface area contributed by atoms with Crippen LogP contribution in [0.3, 0.4) is 0 Å². The van der Waals surface area contributed by atoms with Gasteiger partial charge in [0.1, 0.15) is 18.1 Å². The van der Waals surface area contributed by atoms with Crippen LogP contribution in [0, 0.1) is 5.92 Å². The number of nitrogens with one attached hydrogen (secondary N) is 3. The Labute approximate surface area is 182 Å². The Bertz CT molecular complexity index is 561. The minimum absolute atomic E-state index is 0.122. The number of nitrogens with two attached hydrogens (primary N) is 2. The molecule has 0 spiro atoms. The van der Waals surface area contributed by atoms with Crippen LogP contribution < -0.4 is 27.4 Å². The van der Waals surface area contributed by atoms with Crippen molar-refractivity contribution in [3.8, 4) is 0 Å². The summed E-state index contributed by atoms with van der Waals surface area (Å²) in [6.07, 6.45) is 4.05. The maximum atomic E-state index is 12.8. The standard InChI is InChI=1S/C19H37N5O5S/c1-12(2)10-15(22-16(25)11-21)18(27)23-13(7-9-30-3)17(26)24-14(19(28)29)6-4-5-8-20/h12-15H,4-11,20-21H2,1-3H3,(H,22,25)(H,23,27)(H,24,26)(H,28,29). The molecule has 0 rings (SSSR count). The van der Waals surface area contributed by atoms with E-state index in [9.17, 15) is 24.3 Å². The van der Waals surface area contributed by atoms with Crippen molar-refractivity contribution in [3.05, 3.63) is 0 Å². The van der Waals surface area contributed by atoms with Gasteiger partial charge < -0.3 is 32.5 Å². The molecule has 0 aliphatic carbocycles. The number of thioether (sulfide) groups is 1. The highest BCUT2D eigenvalue weighted by Crippen LogP contribution is 2.08. The Morgan fingerprint density at radius 2 is 1.50 bits per heavy atom. The first-order chi connectivity index (χ1) is 14.2. The van der Waals surface area contributed by atoms with E-state index in [2.05, 4.69) is 16.0 Å². The summed E-state index contributed by atoms with van der Waals surface area (Å²) in [5, 5.41) is 17.1. The van der Waals surface area contributed by atoms with Gasteiger partial charge in [-0.2, -0.15) is 11.8 Å². The molecule has 3 unspecified atom stereocenters. The second kappa shape index (κ2) is 15.9. The molecule has 10 nitrogen and oxygen atoms in total. The van der Waals surface area contributed by atoms with Gasteiger partial charge in [-0.1, -0.05) is 13.8 Å². The molecule has 0 aliphatic heterocycles. The number of carbonyl (C=O) groups excluding carboxylic acids is 3. The molecule has 0 saturated heterocycles. The Balaban J connectivity index is 5.23. The number of carboxylic acid groups (broad SMARTS) is 1. The topological polar surface area (TPSA) is 177 Å². The van der Waals surface area contributed by atoms with Crippen molar-refractivity contribution in [1.82, 2.24) is 16.0 Å². The molecular weight excluding hydrogens is 410 g/mol. The number of aliphatic carboxylic acids is 1. The van der Waals surface area contributed by atoms with Crippen LogP contribution in [0.25, 0.3) is 0 Å². The van der Waals surface area contributed by atoms with E-state index < -0.39 is 41.8 Å². The van der Waals surface area contributed by atoms with Crippen LogP contribution in [-0.2, 0) is 19.2 Å². The lowest BCUT2D eigenvalue weighted by molar-refractivity contribution is -0.142. The van der Waals surface area contributed by atoms with E-state index in [0.29, 0.717) is 38.0 Å². The van der Waals surface area contributed by atoms with Gasteiger partial charge in [-0.15, -0.1) is 0 Å². The lowest BCUT2D eigenvalue weighted by atomic mass is 10.0. The highest BCUT2D eigenvalue weighted by Gasteiger charge is 2.29. The summed E-state index contributed by atoms with van der Waals surface area (Å²) in [6.45, 7) is 4.01. The summed E-state index contributed by atoms with van der Waals surface area (Å²) in [5.74, 6) is -1.95. The molecule has 11 heteroatoms. The summed E-state index contributed by atoms with van der Waals surface area (Å²) >= 11 is 1.50. The molecule has 8 N–H and O–H groups in total. The van der Waals surface area contributed by atoms with Crippen LogP contribution in [0.4, 0.5) is 0 Å². The van der Waals surface area contributed by atoms with Gasteiger partial charge in [-0.05, 0) is 56.6 Å². The van der Waals surface area contributed by atoms with Crippen molar-refractivity contribution >= 4 is 35.5 Å². The second-order valence-corrected chi connectivity index (χ2v) is 8.47. The van der Waals surface area contributed by atoms with Crippen molar-refractivity contribution < 1.29 is 24.3 Å². The van der Waals surface area contributed by atoms with Gasteiger partial charge in [0, 0.05) is 0 Å². The van der Waals surface area contributed by atoms with Gasteiger partial charge >= 0.3 is 5.97 Å². The number of carboxylic acids is 1. The third kappa shape index (κ3) is 12.0. The Morgan fingerprint density at radius 1 is 0.900 bits per heavy atom. The number of rotatable bonds is 16. The third-order valence-corrected chi connectivity index (χ3v) is 4.99. The zero-order valence-corrected chi connectivity index (χ0v) is 18.9. The Kier molecular flexibility index (Phi) is 14.9. The predicted molar refractivity (Wildman–Crippen MR) is 118 cm³/mol. The summed E-state index contributed by atoms with van der Waals surface area (Å²) in [5.41, 5.74) is 10.8. The quantitative estimate of drug-likeness (QED) is 0.170. The van der Waals surface area contributed by atoms with Crippen LogP contribution in [0.15, 0.2) is 0 Å². The van der Waals surface area contributed by atoms with Gasteiger partial charge in [0.15, 0.2) is 0 Å². The summed E-state index contributed by atoms with van der Waals surface area (Å²) < 4.78 is 0. The molecule has 0 heterocycles. The summed E-state index contributed by atoms with van der Waals surface area (Å²) in [4.78, 5) is 48.6. The Morgan fingerprint density at radius 3 is 2.00 bits per heavy atom. The van der Waals surface area contributed by atoms with E-state index >= 15 is 0 Å². The average Bonchev–Trinajstić information content (AvgIpc) is 2.68. The number of hydrogen-bond acceptors (Lipinski definition) is 7. The highest BCUT2D eigenvalue weighted by molar-refractivity contribution is 7.98. The number of unbranched alkanes of at least 4 members (excludes halogenated alkanes) is 1. The van der Waals surface area contributed by atoms with Gasteiger partial charge in [-0.25, -0.2) is 4.79 Å². The van der Waals surface area contributed by atoms with Crippen LogP contribution in [0.2, 0.25) is 0 Å². The van der Waals surface area contributed by atoms with Gasteiger partial charge in [0.2, 0.25) is 17.7 Å². The van der Waals surface area contributed by atoms with E-state index in [4.69, 9.17) is 11.5 Å². The van der Waals surface area contributed by atoms with Gasteiger partial charge in [0.05, 0.1) is 6.54 Å². The number of hydrogen-bond donors (Lipinski definition) is 6. The minimum Gasteiger partial charge on any atom is -0.480 e. The SMILES string of the molecule is CSCCC(NC(=O)C(CC(C)C)NC(=O)CN)C(=O)NC(CCCCN)C(=O)O. The molecule has 0 radical (unpaired) electrons. The first-order valence-corrected chi connectivity index (χ1v) is 11.6. The van der Waals surface area contributed by atoms with E-state index in [1.807, 2.05) is 20.1 Å². The number of amides is 3. The maximum absolute atomic E-state index is 12.8. The molecule has 0 aliphatic rings. The minimum atomic E-state index is -1.14. The normalized spacial score (nSPS) is 13.9. The molecule has 3 amide bonds. The van der Waals surface area contributed by atoms with Crippen molar-refractivity contribution in [3.63, 3.8) is 0 Å². The van der Waals surface area contributed by atoms with E-state index in [0.717, 1.165) is 0 Å². The van der Waals surface area contributed by atoms with Crippen molar-refractivity contribution in [2.75, 3.05) is 25.1 Å². The first kappa shape index (κ1) is 28.1. The van der Waals surface area contributed by atoms with Crippen LogP contribution in [-0.4, -0.2) is 72.0 Å². The molecule has 0 aromatic carbocycles. The van der Waals surface area contributed by atoms with E-state index in [1.165, 1.54) is 11.8 Å². The molecule has 174 valence electrons. The summed E-state index contributed by atoms with van der Waals surface area (Å²) in [6, 6.07) is -2.79. The molecule has 0 bridgehead atoms. The highest BCUT2D eigenvalue weighted by atomic mass is 32.2. The van der Waals surface area contributed by atoms with Crippen LogP contribution in [0.1, 0.15) is 46.0 Å². The average molecular weight is 448 g/mol. The van der Waals surface area contributed by atoms with Crippen molar-refractivity contribution in [1.29, 1.82) is 0 Å². The number of carbonyl (C=O) groups is 4. The smallest absolute Gasteiger partial charge is 0.326 e. The molecule has 3 atom stereocenters. The monoisotopic (exact) mass is 447 g/mol. The fourth-order valence-corrected chi connectivity index (χ4v) is 3.23. The van der Waals surface area contributed by atoms with Crippen LogP contribution >= 0.6 is 11.8 Å². The van der Waals surface area contributed by atoms with Crippen LogP contribution in [0.5, 0.6) is 0 Å². The molecule has 0 saturated carbocycles. The molecule has 0 fully saturated rings.